The highest BCUT2D eigenvalue weighted by Crippen LogP contribution is 2.34. The summed E-state index contributed by atoms with van der Waals surface area (Å²) in [6.45, 7) is 0.524. The van der Waals surface area contributed by atoms with Crippen LogP contribution in [-0.4, -0.2) is 25.0 Å². The third-order valence-electron chi connectivity index (χ3n) is 2.82. The second-order valence-electron chi connectivity index (χ2n) is 4.34. The van der Waals surface area contributed by atoms with Crippen molar-refractivity contribution in [1.82, 2.24) is 4.90 Å². The molecule has 1 amide bonds. The van der Waals surface area contributed by atoms with Crippen LogP contribution in [0, 0.1) is 0 Å². The molecule has 2 aromatic rings. The van der Waals surface area contributed by atoms with E-state index in [1.54, 1.807) is 35.4 Å². The maximum absolute atomic E-state index is 12.4. The fourth-order valence-corrected chi connectivity index (χ4v) is 4.02. The van der Waals surface area contributed by atoms with E-state index in [1.165, 1.54) is 7.11 Å². The summed E-state index contributed by atoms with van der Waals surface area (Å²) in [5.41, 5.74) is 0.434. The summed E-state index contributed by atoms with van der Waals surface area (Å²) < 4.78 is 6.11. The van der Waals surface area contributed by atoms with E-state index in [1.807, 2.05) is 12.1 Å². The number of amides is 1. The van der Waals surface area contributed by atoms with Crippen molar-refractivity contribution >= 4 is 56.4 Å². The van der Waals surface area contributed by atoms with Crippen LogP contribution in [0.3, 0.4) is 0 Å². The van der Waals surface area contributed by atoms with Gasteiger partial charge in [-0.1, -0.05) is 23.2 Å². The summed E-state index contributed by atoms with van der Waals surface area (Å²) >= 11 is 17.1. The molecule has 7 heteroatoms. The lowest BCUT2D eigenvalue weighted by Gasteiger charge is -2.17. The Hall–Kier alpha value is -0.750. The van der Waals surface area contributed by atoms with E-state index in [9.17, 15) is 4.79 Å². The average molecular weight is 409 g/mol. The van der Waals surface area contributed by atoms with Crippen LogP contribution in [0.1, 0.15) is 15.2 Å². The van der Waals surface area contributed by atoms with Crippen molar-refractivity contribution in [2.75, 3.05) is 14.2 Å². The quantitative estimate of drug-likeness (QED) is 0.704. The Bertz CT molecular complexity index is 652. The number of rotatable bonds is 4. The van der Waals surface area contributed by atoms with Crippen LogP contribution in [0.2, 0.25) is 10.0 Å². The topological polar surface area (TPSA) is 29.5 Å². The number of nitrogens with zero attached hydrogens (tertiary/aromatic N) is 1. The Kier molecular flexibility index (Phi) is 5.54. The number of benzene rings is 1. The van der Waals surface area contributed by atoms with Crippen LogP contribution in [0.5, 0.6) is 5.75 Å². The Morgan fingerprint density at radius 1 is 1.33 bits per heavy atom. The van der Waals surface area contributed by atoms with E-state index in [-0.39, 0.29) is 5.91 Å². The number of carbonyl (C=O) groups is 1. The summed E-state index contributed by atoms with van der Waals surface area (Å²) in [5, 5.41) is 0.640. The van der Waals surface area contributed by atoms with Gasteiger partial charge < -0.3 is 9.64 Å². The molecular formula is C14H12BrCl2NO2S. The minimum absolute atomic E-state index is 0.147. The highest BCUT2D eigenvalue weighted by atomic mass is 79.9. The van der Waals surface area contributed by atoms with Gasteiger partial charge in [0, 0.05) is 17.5 Å². The molecular weight excluding hydrogens is 397 g/mol. The van der Waals surface area contributed by atoms with Gasteiger partial charge in [0.25, 0.3) is 5.91 Å². The minimum atomic E-state index is -0.147. The Balaban J connectivity index is 2.19. The van der Waals surface area contributed by atoms with E-state index < -0.39 is 0 Å². The van der Waals surface area contributed by atoms with Crippen molar-refractivity contribution in [2.45, 2.75) is 6.54 Å². The number of ether oxygens (including phenoxy) is 1. The first-order valence-corrected chi connectivity index (χ1v) is 8.31. The molecule has 0 aliphatic rings. The van der Waals surface area contributed by atoms with E-state index >= 15 is 0 Å². The van der Waals surface area contributed by atoms with Crippen molar-refractivity contribution in [3.8, 4) is 5.75 Å². The van der Waals surface area contributed by atoms with Gasteiger partial charge >= 0.3 is 0 Å². The number of halogens is 3. The molecule has 0 radical (unpaired) electrons. The standard InChI is InChI=1S/C14H12BrCl2NO2S/c1-18(7-9-3-4-12(15)21-9)14(19)8-5-10(16)13(20-2)11(17)6-8/h3-6H,7H2,1-2H3. The Morgan fingerprint density at radius 3 is 2.43 bits per heavy atom. The lowest BCUT2D eigenvalue weighted by Crippen LogP contribution is -2.25. The van der Waals surface area contributed by atoms with Crippen molar-refractivity contribution in [1.29, 1.82) is 0 Å². The van der Waals surface area contributed by atoms with Crippen LogP contribution in [0.15, 0.2) is 28.1 Å². The predicted molar refractivity (Wildman–Crippen MR) is 90.8 cm³/mol. The number of carbonyl (C=O) groups excluding carboxylic acids is 1. The molecule has 2 rings (SSSR count). The summed E-state index contributed by atoms with van der Waals surface area (Å²) in [4.78, 5) is 15.1. The van der Waals surface area contributed by atoms with E-state index in [0.717, 1.165) is 8.66 Å². The van der Waals surface area contributed by atoms with E-state index in [4.69, 9.17) is 27.9 Å². The van der Waals surface area contributed by atoms with Crippen molar-refractivity contribution in [2.24, 2.45) is 0 Å². The largest absolute Gasteiger partial charge is 0.494 e. The molecule has 1 heterocycles. The number of thiophene rings is 1. The van der Waals surface area contributed by atoms with Crippen LogP contribution in [0.4, 0.5) is 0 Å². The van der Waals surface area contributed by atoms with Gasteiger partial charge in [0.1, 0.15) is 0 Å². The van der Waals surface area contributed by atoms with Gasteiger partial charge in [-0.15, -0.1) is 11.3 Å². The molecule has 0 saturated carbocycles. The maximum atomic E-state index is 12.4. The third-order valence-corrected chi connectivity index (χ3v) is 4.99. The fraction of sp³-hybridized carbons (Fsp3) is 0.214. The predicted octanol–water partition coefficient (Wildman–Crippen LogP) is 5.10. The van der Waals surface area contributed by atoms with Gasteiger partial charge in [-0.3, -0.25) is 4.79 Å². The molecule has 1 aromatic carbocycles. The van der Waals surface area contributed by atoms with Crippen molar-refractivity contribution < 1.29 is 9.53 Å². The molecule has 0 spiro atoms. The highest BCUT2D eigenvalue weighted by Gasteiger charge is 2.17. The third kappa shape index (κ3) is 3.92. The van der Waals surface area contributed by atoms with Crippen LogP contribution < -0.4 is 4.74 Å². The number of hydrogen-bond acceptors (Lipinski definition) is 3. The first-order chi connectivity index (χ1) is 9.92. The second kappa shape index (κ2) is 7.01. The highest BCUT2D eigenvalue weighted by molar-refractivity contribution is 9.11. The number of methoxy groups -OCH3 is 1. The lowest BCUT2D eigenvalue weighted by atomic mass is 10.2. The molecule has 112 valence electrons. The van der Waals surface area contributed by atoms with E-state index in [2.05, 4.69) is 15.9 Å². The summed E-state index contributed by atoms with van der Waals surface area (Å²) in [5.74, 6) is 0.227. The minimum Gasteiger partial charge on any atom is -0.494 e. The molecule has 0 N–H and O–H groups in total. The smallest absolute Gasteiger partial charge is 0.254 e. The zero-order chi connectivity index (χ0) is 15.6. The normalized spacial score (nSPS) is 10.5. The molecule has 3 nitrogen and oxygen atoms in total. The summed E-state index contributed by atoms with van der Waals surface area (Å²) in [6, 6.07) is 7.07. The van der Waals surface area contributed by atoms with Gasteiger partial charge in [0.05, 0.1) is 27.5 Å². The zero-order valence-corrected chi connectivity index (χ0v) is 15.2. The molecule has 0 saturated heterocycles. The Labute approximate surface area is 145 Å². The maximum Gasteiger partial charge on any atom is 0.254 e. The molecule has 0 unspecified atom stereocenters. The first kappa shape index (κ1) is 16.6. The van der Waals surface area contributed by atoms with Crippen molar-refractivity contribution in [3.63, 3.8) is 0 Å². The van der Waals surface area contributed by atoms with Crippen LogP contribution >= 0.6 is 50.5 Å². The van der Waals surface area contributed by atoms with Gasteiger partial charge in [0.2, 0.25) is 0 Å². The molecule has 21 heavy (non-hydrogen) atoms. The van der Waals surface area contributed by atoms with Crippen molar-refractivity contribution in [3.05, 3.63) is 48.5 Å². The van der Waals surface area contributed by atoms with Crippen LogP contribution in [-0.2, 0) is 6.54 Å². The lowest BCUT2D eigenvalue weighted by molar-refractivity contribution is 0.0786. The average Bonchev–Trinajstić information content (AvgIpc) is 2.82. The van der Waals surface area contributed by atoms with Gasteiger partial charge in [0.15, 0.2) is 5.75 Å². The van der Waals surface area contributed by atoms with Gasteiger partial charge in [-0.25, -0.2) is 0 Å². The summed E-state index contributed by atoms with van der Waals surface area (Å²) in [6.07, 6.45) is 0. The second-order valence-corrected chi connectivity index (χ2v) is 7.70. The molecule has 0 aliphatic heterocycles. The molecule has 0 atom stereocenters. The first-order valence-electron chi connectivity index (χ1n) is 5.95. The fourth-order valence-electron chi connectivity index (χ4n) is 1.84. The van der Waals surface area contributed by atoms with Gasteiger partial charge in [-0.05, 0) is 40.2 Å². The monoisotopic (exact) mass is 407 g/mol. The number of hydrogen-bond donors (Lipinski definition) is 0. The zero-order valence-electron chi connectivity index (χ0n) is 11.3. The molecule has 1 aromatic heterocycles. The summed E-state index contributed by atoms with van der Waals surface area (Å²) in [7, 11) is 3.22. The van der Waals surface area contributed by atoms with Gasteiger partial charge in [-0.2, -0.15) is 0 Å². The molecule has 0 fully saturated rings. The SMILES string of the molecule is COc1c(Cl)cc(C(=O)N(C)Cc2ccc(Br)s2)cc1Cl. The van der Waals surface area contributed by atoms with E-state index in [0.29, 0.717) is 27.9 Å². The Morgan fingerprint density at radius 2 is 1.95 bits per heavy atom. The van der Waals surface area contributed by atoms with Crippen LogP contribution in [0.25, 0.3) is 0 Å². The molecule has 0 bridgehead atoms. The molecule has 0 aliphatic carbocycles.